The van der Waals surface area contributed by atoms with Crippen LogP contribution in [0.25, 0.3) is 0 Å². The number of aromatic hydroxyl groups is 2. The highest BCUT2D eigenvalue weighted by Gasteiger charge is 2.66. The molecule has 3 aromatic rings. The van der Waals surface area contributed by atoms with Crippen LogP contribution >= 0.6 is 0 Å². The van der Waals surface area contributed by atoms with E-state index in [0.717, 1.165) is 16.5 Å². The first-order chi connectivity index (χ1) is 24.0. The molecule has 3 aromatic carbocycles. The molecule has 51 heavy (non-hydrogen) atoms. The molecule has 0 heterocycles. The van der Waals surface area contributed by atoms with Gasteiger partial charge in [0.25, 0.3) is 11.8 Å². The van der Waals surface area contributed by atoms with Gasteiger partial charge in [-0.15, -0.1) is 0 Å². The van der Waals surface area contributed by atoms with E-state index in [1.54, 1.807) is 55.5 Å². The summed E-state index contributed by atoms with van der Waals surface area (Å²) in [5, 5.41) is 66.0. The quantitative estimate of drug-likeness (QED) is 0.0782. The van der Waals surface area contributed by atoms with Crippen LogP contribution in [0.1, 0.15) is 74.9 Å². The second-order valence-electron chi connectivity index (χ2n) is 14.2. The number of likely N-dealkylation sites (N-methyl/N-ethyl adjacent to an activating group) is 1. The van der Waals surface area contributed by atoms with E-state index in [4.69, 9.17) is 15.6 Å². The maximum absolute atomic E-state index is 12.9. The van der Waals surface area contributed by atoms with Crippen molar-refractivity contribution in [2.75, 3.05) is 18.0 Å². The largest absolute Gasteiger partial charge is 0.508 e. The predicted molar refractivity (Wildman–Crippen MR) is 195 cm³/mol. The number of nitrogens with zero attached hydrogens (tertiary/aromatic N) is 1. The SMILES string of the molecule is C=C1C2CC(O)C(O)(CCNC(=O)c3ccc(Oc4ccc(N(C(=N)C(=O)NCC)C(=N)c5cc(C(C)C)c(O)cc5O)cc4)cc3)C1C2(C)C. The molecular weight excluding hydrogens is 650 g/mol. The minimum atomic E-state index is -1.35. The molecule has 270 valence electrons. The Labute approximate surface area is 297 Å². The normalized spacial score (nSPS) is 21.7. The second kappa shape index (κ2) is 14.2. The molecule has 0 aromatic heterocycles. The van der Waals surface area contributed by atoms with Gasteiger partial charge in [0, 0.05) is 36.3 Å². The van der Waals surface area contributed by atoms with Gasteiger partial charge in [-0.1, -0.05) is 39.8 Å². The highest BCUT2D eigenvalue weighted by Crippen LogP contribution is 2.66. The molecule has 3 aliphatic carbocycles. The molecule has 12 nitrogen and oxygen atoms in total. The summed E-state index contributed by atoms with van der Waals surface area (Å²) in [6.07, 6.45) is -0.212. The van der Waals surface area contributed by atoms with Crippen molar-refractivity contribution in [3.63, 3.8) is 0 Å². The lowest BCUT2D eigenvalue weighted by atomic mass is 9.40. The summed E-state index contributed by atoms with van der Waals surface area (Å²) >= 11 is 0. The van der Waals surface area contributed by atoms with Crippen LogP contribution in [0.2, 0.25) is 0 Å². The second-order valence-corrected chi connectivity index (χ2v) is 14.2. The van der Waals surface area contributed by atoms with Gasteiger partial charge < -0.3 is 35.8 Å². The van der Waals surface area contributed by atoms with Crippen molar-refractivity contribution in [1.82, 2.24) is 10.6 Å². The maximum Gasteiger partial charge on any atom is 0.287 e. The van der Waals surface area contributed by atoms with Gasteiger partial charge in [0.2, 0.25) is 0 Å². The van der Waals surface area contributed by atoms with Crippen molar-refractivity contribution in [2.24, 2.45) is 17.3 Å². The van der Waals surface area contributed by atoms with Gasteiger partial charge in [0.1, 0.15) is 28.8 Å². The third kappa shape index (κ3) is 6.93. The van der Waals surface area contributed by atoms with E-state index in [2.05, 4.69) is 31.1 Å². The summed E-state index contributed by atoms with van der Waals surface area (Å²) in [4.78, 5) is 26.7. The van der Waals surface area contributed by atoms with Crippen LogP contribution in [0.15, 0.2) is 72.8 Å². The molecule has 0 aliphatic heterocycles. The Morgan fingerprint density at radius 2 is 1.61 bits per heavy atom. The zero-order chi connectivity index (χ0) is 37.4. The summed E-state index contributed by atoms with van der Waals surface area (Å²) < 4.78 is 5.97. The van der Waals surface area contributed by atoms with E-state index in [9.17, 15) is 30.0 Å². The molecule has 12 heteroatoms. The topological polar surface area (TPSA) is 199 Å². The number of anilines is 1. The fraction of sp³-hybridized carbons (Fsp3) is 0.385. The molecule has 2 bridgehead atoms. The monoisotopic (exact) mass is 697 g/mol. The van der Waals surface area contributed by atoms with Gasteiger partial charge in [-0.3, -0.25) is 25.3 Å². The van der Waals surface area contributed by atoms with Gasteiger partial charge in [0.05, 0.1) is 17.3 Å². The summed E-state index contributed by atoms with van der Waals surface area (Å²) in [5.74, 6) is -1.75. The first kappa shape index (κ1) is 37.1. The fourth-order valence-electron chi connectivity index (χ4n) is 7.65. The number of amidine groups is 2. The van der Waals surface area contributed by atoms with Crippen LogP contribution in [-0.2, 0) is 4.79 Å². The molecule has 0 spiro atoms. The number of amides is 2. The number of aliphatic hydroxyl groups is 2. The minimum Gasteiger partial charge on any atom is -0.508 e. The molecule has 3 saturated carbocycles. The van der Waals surface area contributed by atoms with Gasteiger partial charge in [0.15, 0.2) is 5.84 Å². The number of hydrogen-bond acceptors (Lipinski definition) is 9. The molecule has 4 unspecified atom stereocenters. The highest BCUT2D eigenvalue weighted by molar-refractivity contribution is 6.48. The number of benzene rings is 3. The number of carbonyl (C=O) groups is 2. The molecule has 0 radical (unpaired) electrons. The zero-order valence-corrected chi connectivity index (χ0v) is 29.6. The number of hydrogen-bond donors (Lipinski definition) is 8. The lowest BCUT2D eigenvalue weighted by Gasteiger charge is -2.66. The first-order valence-electron chi connectivity index (χ1n) is 17.1. The Morgan fingerprint density at radius 3 is 2.18 bits per heavy atom. The van der Waals surface area contributed by atoms with Crippen molar-refractivity contribution in [1.29, 1.82) is 10.8 Å². The Kier molecular flexibility index (Phi) is 10.3. The molecule has 3 aliphatic rings. The lowest BCUT2D eigenvalue weighted by Crippen LogP contribution is -2.69. The lowest BCUT2D eigenvalue weighted by molar-refractivity contribution is -0.218. The molecule has 2 amide bonds. The predicted octanol–water partition coefficient (Wildman–Crippen LogP) is 5.40. The number of rotatable bonds is 10. The van der Waals surface area contributed by atoms with E-state index in [-0.39, 0.29) is 77.2 Å². The number of ether oxygens (including phenoxy) is 1. The summed E-state index contributed by atoms with van der Waals surface area (Å²) in [6, 6.07) is 15.4. The highest BCUT2D eigenvalue weighted by atomic mass is 16.5. The summed E-state index contributed by atoms with van der Waals surface area (Å²) in [5.41, 5.74) is 0.660. The molecule has 3 fully saturated rings. The van der Waals surface area contributed by atoms with Crippen molar-refractivity contribution in [3.05, 3.63) is 89.5 Å². The van der Waals surface area contributed by atoms with Crippen molar-refractivity contribution in [3.8, 4) is 23.0 Å². The number of aliphatic hydroxyl groups excluding tert-OH is 1. The molecule has 6 rings (SSSR count). The van der Waals surface area contributed by atoms with Gasteiger partial charge >= 0.3 is 0 Å². The fourth-order valence-corrected chi connectivity index (χ4v) is 7.65. The van der Waals surface area contributed by atoms with Crippen LogP contribution < -0.4 is 20.3 Å². The molecule has 0 saturated heterocycles. The van der Waals surface area contributed by atoms with E-state index < -0.39 is 23.4 Å². The van der Waals surface area contributed by atoms with E-state index in [1.807, 2.05) is 13.8 Å². The average molecular weight is 698 g/mol. The number of phenols is 2. The smallest absolute Gasteiger partial charge is 0.287 e. The number of nitrogens with one attached hydrogen (secondary N) is 4. The molecular formula is C39H47N5O7. The van der Waals surface area contributed by atoms with E-state index in [1.165, 1.54) is 6.07 Å². The third-order valence-corrected chi connectivity index (χ3v) is 10.3. The molecule has 8 N–H and O–H groups in total. The van der Waals surface area contributed by atoms with Crippen LogP contribution in [0.5, 0.6) is 23.0 Å². The van der Waals surface area contributed by atoms with E-state index >= 15 is 0 Å². The summed E-state index contributed by atoms with van der Waals surface area (Å²) in [7, 11) is 0. The molecule has 4 atom stereocenters. The number of carbonyl (C=O) groups excluding carboxylic acids is 2. The maximum atomic E-state index is 12.9. The number of fused-ring (bicyclic) bond motifs is 2. The zero-order valence-electron chi connectivity index (χ0n) is 29.6. The average Bonchev–Trinajstić information content (AvgIpc) is 3.07. The number of phenolic OH excluding ortho intramolecular Hbond substituents is 2. The Bertz CT molecular complexity index is 1850. The Hall–Kier alpha value is -5.20. The first-order valence-corrected chi connectivity index (χ1v) is 17.1. The third-order valence-electron chi connectivity index (χ3n) is 10.3. The summed E-state index contributed by atoms with van der Waals surface area (Å²) in [6.45, 7) is 14.2. The Morgan fingerprint density at radius 1 is 1.00 bits per heavy atom. The van der Waals surface area contributed by atoms with Crippen molar-refractivity contribution < 1.29 is 34.8 Å². The van der Waals surface area contributed by atoms with Crippen molar-refractivity contribution >= 4 is 29.2 Å². The van der Waals surface area contributed by atoms with Gasteiger partial charge in [-0.25, -0.2) is 0 Å². The van der Waals surface area contributed by atoms with Crippen LogP contribution in [0.4, 0.5) is 5.69 Å². The standard InChI is InChI=1S/C39H47N5O7/c1-7-42-37(49)35(41)44(34(40)28-18-27(21(2)3)30(45)20-31(28)46)24-10-14-26(15-11-24)51-25-12-8-23(9-13-25)36(48)43-17-16-39(50)32(47)19-29-22(4)33(39)38(29,5)6/h8-15,18,20-21,29,32-33,40-41,45-47,50H,4,7,16-17,19H2,1-3,5-6H3,(H,42,49)(H,43,48). The van der Waals surface area contributed by atoms with Gasteiger partial charge in [-0.05, 0) is 97.2 Å². The van der Waals surface area contributed by atoms with Crippen molar-refractivity contribution in [2.45, 2.75) is 65.1 Å². The van der Waals surface area contributed by atoms with E-state index in [0.29, 0.717) is 29.0 Å². The van der Waals surface area contributed by atoms with Gasteiger partial charge in [-0.2, -0.15) is 0 Å². The minimum absolute atomic E-state index is 0.0313. The Balaban J connectivity index is 1.26. The van der Waals surface area contributed by atoms with Crippen LogP contribution in [0, 0.1) is 28.1 Å². The van der Waals surface area contributed by atoms with Crippen LogP contribution in [0.3, 0.4) is 0 Å². The van der Waals surface area contributed by atoms with Crippen LogP contribution in [-0.4, -0.2) is 68.7 Å².